The second kappa shape index (κ2) is 6.51. The number of hydrogen-bond acceptors (Lipinski definition) is 5. The van der Waals surface area contributed by atoms with Gasteiger partial charge in [0.25, 0.3) is 0 Å². The van der Waals surface area contributed by atoms with Crippen LogP contribution in [-0.2, 0) is 19.6 Å². The van der Waals surface area contributed by atoms with E-state index in [2.05, 4.69) is 20.7 Å². The number of ether oxygens (including phenoxy) is 1. The first kappa shape index (κ1) is 16.9. The molecule has 2 N–H and O–H groups in total. The monoisotopic (exact) mass is 368 g/mol. The standard InChI is InChI=1S/C11H14BrFN2O4S/c1-3-19-10(16)6-15(2)20(17,18)9-5-7(14)4-8(12)11(9)13/h4-5H,3,6,14H2,1-2H3. The number of nitrogen functional groups attached to an aromatic ring is 1. The van der Waals surface area contributed by atoms with E-state index in [1.54, 1.807) is 6.92 Å². The van der Waals surface area contributed by atoms with E-state index in [1.165, 1.54) is 6.07 Å². The van der Waals surface area contributed by atoms with E-state index in [0.29, 0.717) is 4.31 Å². The van der Waals surface area contributed by atoms with Crippen LogP contribution in [0.15, 0.2) is 21.5 Å². The number of nitrogens with zero attached hydrogens (tertiary/aromatic N) is 1. The van der Waals surface area contributed by atoms with Gasteiger partial charge in [-0.1, -0.05) is 0 Å². The van der Waals surface area contributed by atoms with Gasteiger partial charge in [-0.3, -0.25) is 4.79 Å². The topological polar surface area (TPSA) is 89.7 Å². The van der Waals surface area contributed by atoms with Crippen molar-refractivity contribution in [3.05, 3.63) is 22.4 Å². The first-order valence-electron chi connectivity index (χ1n) is 5.56. The van der Waals surface area contributed by atoms with Crippen molar-refractivity contribution in [1.29, 1.82) is 0 Å². The molecule has 0 spiro atoms. The molecule has 0 unspecified atom stereocenters. The molecule has 0 atom stereocenters. The number of hydrogen-bond donors (Lipinski definition) is 1. The van der Waals surface area contributed by atoms with E-state index in [1.807, 2.05) is 0 Å². The van der Waals surface area contributed by atoms with Crippen LogP contribution in [0.25, 0.3) is 0 Å². The van der Waals surface area contributed by atoms with Crippen molar-refractivity contribution in [1.82, 2.24) is 4.31 Å². The Labute approximate surface area is 124 Å². The lowest BCUT2D eigenvalue weighted by molar-refractivity contribution is -0.143. The van der Waals surface area contributed by atoms with Crippen LogP contribution in [0.2, 0.25) is 0 Å². The zero-order valence-corrected chi connectivity index (χ0v) is 13.3. The maximum atomic E-state index is 13.9. The van der Waals surface area contributed by atoms with Gasteiger partial charge in [-0.25, -0.2) is 12.8 Å². The predicted octanol–water partition coefficient (Wildman–Crippen LogP) is 1.35. The Morgan fingerprint density at radius 3 is 2.65 bits per heavy atom. The quantitative estimate of drug-likeness (QED) is 0.625. The lowest BCUT2D eigenvalue weighted by Crippen LogP contribution is -2.33. The molecule has 1 aromatic rings. The lowest BCUT2D eigenvalue weighted by atomic mass is 10.3. The fourth-order valence-corrected chi connectivity index (χ4v) is 3.25. The van der Waals surface area contributed by atoms with Gasteiger partial charge in [-0.05, 0) is 35.0 Å². The summed E-state index contributed by atoms with van der Waals surface area (Å²) in [5.41, 5.74) is 5.59. The molecule has 0 aromatic heterocycles. The molecule has 0 saturated carbocycles. The number of esters is 1. The molecule has 6 nitrogen and oxygen atoms in total. The summed E-state index contributed by atoms with van der Waals surface area (Å²) in [7, 11) is -3.02. The Kier molecular flexibility index (Phi) is 5.49. The first-order valence-corrected chi connectivity index (χ1v) is 7.80. The van der Waals surface area contributed by atoms with Crippen molar-refractivity contribution in [2.24, 2.45) is 0 Å². The normalized spacial score (nSPS) is 11.7. The summed E-state index contributed by atoms with van der Waals surface area (Å²) < 4.78 is 43.6. The summed E-state index contributed by atoms with van der Waals surface area (Å²) in [6.07, 6.45) is 0. The van der Waals surface area contributed by atoms with Crippen LogP contribution in [0.5, 0.6) is 0 Å². The number of carbonyl (C=O) groups is 1. The molecular formula is C11H14BrFN2O4S. The van der Waals surface area contributed by atoms with E-state index in [9.17, 15) is 17.6 Å². The number of rotatable bonds is 5. The maximum Gasteiger partial charge on any atom is 0.321 e. The number of anilines is 1. The average molecular weight is 369 g/mol. The molecule has 0 fully saturated rings. The molecule has 0 aliphatic rings. The smallest absolute Gasteiger partial charge is 0.321 e. The van der Waals surface area contributed by atoms with Gasteiger partial charge in [0.2, 0.25) is 10.0 Å². The van der Waals surface area contributed by atoms with Crippen molar-refractivity contribution in [3.63, 3.8) is 0 Å². The van der Waals surface area contributed by atoms with Crippen LogP contribution >= 0.6 is 15.9 Å². The van der Waals surface area contributed by atoms with Crippen LogP contribution in [-0.4, -0.2) is 38.9 Å². The van der Waals surface area contributed by atoms with Gasteiger partial charge in [0.1, 0.15) is 11.4 Å². The minimum Gasteiger partial charge on any atom is -0.465 e. The van der Waals surface area contributed by atoms with Crippen LogP contribution in [0.3, 0.4) is 0 Å². The molecule has 0 radical (unpaired) electrons. The Balaban J connectivity index is 3.14. The number of likely N-dealkylation sites (N-methyl/N-ethyl adjacent to an activating group) is 1. The fourth-order valence-electron chi connectivity index (χ4n) is 1.41. The third-order valence-corrected chi connectivity index (χ3v) is 4.74. The van der Waals surface area contributed by atoms with Crippen molar-refractivity contribution in [3.8, 4) is 0 Å². The Morgan fingerprint density at radius 2 is 2.10 bits per heavy atom. The SMILES string of the molecule is CCOC(=O)CN(C)S(=O)(=O)c1cc(N)cc(Br)c1F. The van der Waals surface area contributed by atoms with E-state index >= 15 is 0 Å². The first-order chi connectivity index (χ1) is 9.20. The van der Waals surface area contributed by atoms with E-state index < -0.39 is 33.3 Å². The molecule has 0 heterocycles. The summed E-state index contributed by atoms with van der Waals surface area (Å²) in [6.45, 7) is 1.22. The molecule has 0 aliphatic carbocycles. The fraction of sp³-hybridized carbons (Fsp3) is 0.364. The highest BCUT2D eigenvalue weighted by molar-refractivity contribution is 9.10. The van der Waals surface area contributed by atoms with Crippen molar-refractivity contribution in [2.45, 2.75) is 11.8 Å². The minimum atomic E-state index is -4.18. The number of carbonyl (C=O) groups excluding carboxylic acids is 1. The molecule has 1 rings (SSSR count). The summed E-state index contributed by atoms with van der Waals surface area (Å²) in [5.74, 6) is -1.68. The van der Waals surface area contributed by atoms with Crippen LogP contribution < -0.4 is 5.73 Å². The van der Waals surface area contributed by atoms with Crippen LogP contribution in [0, 0.1) is 5.82 Å². The Morgan fingerprint density at radius 1 is 1.50 bits per heavy atom. The van der Waals surface area contributed by atoms with Gasteiger partial charge in [-0.15, -0.1) is 0 Å². The molecule has 0 aliphatic heterocycles. The highest BCUT2D eigenvalue weighted by atomic mass is 79.9. The number of halogens is 2. The van der Waals surface area contributed by atoms with Gasteiger partial charge in [0.15, 0.2) is 5.82 Å². The zero-order valence-electron chi connectivity index (χ0n) is 10.9. The molecule has 9 heteroatoms. The zero-order chi connectivity index (χ0) is 15.5. The molecule has 0 amide bonds. The summed E-state index contributed by atoms with van der Waals surface area (Å²) in [5, 5.41) is 0. The molecule has 0 bridgehead atoms. The van der Waals surface area contributed by atoms with Gasteiger partial charge in [-0.2, -0.15) is 4.31 Å². The van der Waals surface area contributed by atoms with Crippen molar-refractivity contribution < 1.29 is 22.3 Å². The Bertz CT molecular complexity index is 621. The third kappa shape index (κ3) is 3.68. The van der Waals surface area contributed by atoms with E-state index in [0.717, 1.165) is 13.1 Å². The average Bonchev–Trinajstić information content (AvgIpc) is 2.33. The van der Waals surface area contributed by atoms with Gasteiger partial charge in [0.05, 0.1) is 11.1 Å². The Hall–Kier alpha value is -1.19. The minimum absolute atomic E-state index is 0.0689. The summed E-state index contributed by atoms with van der Waals surface area (Å²) in [6, 6.07) is 2.25. The third-order valence-electron chi connectivity index (χ3n) is 2.36. The highest BCUT2D eigenvalue weighted by Gasteiger charge is 2.28. The largest absolute Gasteiger partial charge is 0.465 e. The second-order valence-electron chi connectivity index (χ2n) is 3.88. The highest BCUT2D eigenvalue weighted by Crippen LogP contribution is 2.27. The number of nitrogens with two attached hydrogens (primary N) is 1. The molecule has 20 heavy (non-hydrogen) atoms. The van der Waals surface area contributed by atoms with Crippen LogP contribution in [0.4, 0.5) is 10.1 Å². The van der Waals surface area contributed by atoms with Crippen molar-refractivity contribution >= 4 is 37.6 Å². The predicted molar refractivity (Wildman–Crippen MR) is 75.0 cm³/mol. The summed E-state index contributed by atoms with van der Waals surface area (Å²) in [4.78, 5) is 10.7. The van der Waals surface area contributed by atoms with Crippen molar-refractivity contribution in [2.75, 3.05) is 25.9 Å². The van der Waals surface area contributed by atoms with Gasteiger partial charge < -0.3 is 10.5 Å². The van der Waals surface area contributed by atoms with Crippen LogP contribution in [0.1, 0.15) is 6.92 Å². The van der Waals surface area contributed by atoms with E-state index in [-0.39, 0.29) is 16.8 Å². The van der Waals surface area contributed by atoms with E-state index in [4.69, 9.17) is 5.73 Å². The van der Waals surface area contributed by atoms with Gasteiger partial charge in [0, 0.05) is 12.7 Å². The molecule has 1 aromatic carbocycles. The maximum absolute atomic E-state index is 13.9. The second-order valence-corrected chi connectivity index (χ2v) is 6.75. The molecular weight excluding hydrogens is 355 g/mol. The number of benzene rings is 1. The lowest BCUT2D eigenvalue weighted by Gasteiger charge is -2.17. The summed E-state index contributed by atoms with van der Waals surface area (Å²) >= 11 is 2.88. The van der Waals surface area contributed by atoms with Gasteiger partial charge >= 0.3 is 5.97 Å². The molecule has 0 saturated heterocycles. The number of sulfonamides is 1. The molecule has 112 valence electrons.